The molecule has 22 heavy (non-hydrogen) atoms. The summed E-state index contributed by atoms with van der Waals surface area (Å²) in [5, 5.41) is 10.8. The molecule has 0 saturated carbocycles. The lowest BCUT2D eigenvalue weighted by molar-refractivity contribution is 0.726. The van der Waals surface area contributed by atoms with Gasteiger partial charge < -0.3 is 9.88 Å². The maximum atomic E-state index is 8.99. The highest BCUT2D eigenvalue weighted by Gasteiger charge is 2.21. The quantitative estimate of drug-likeness (QED) is 0.730. The number of nitriles is 1. The van der Waals surface area contributed by atoms with Crippen LogP contribution in [0.4, 0.5) is 5.69 Å². The van der Waals surface area contributed by atoms with E-state index < -0.39 is 0 Å². The third-order valence-electron chi connectivity index (χ3n) is 4.32. The zero-order valence-corrected chi connectivity index (χ0v) is 12.7. The average Bonchev–Trinajstić information content (AvgIpc) is 2.92. The maximum Gasteiger partial charge on any atom is 0.101 e. The molecule has 3 nitrogen and oxygen atoms in total. The van der Waals surface area contributed by atoms with Crippen molar-refractivity contribution in [3.8, 4) is 6.07 Å². The molecule has 0 saturated heterocycles. The third-order valence-corrected chi connectivity index (χ3v) is 4.63. The molecule has 1 aliphatic heterocycles. The smallest absolute Gasteiger partial charge is 0.101 e. The zero-order valence-electron chi connectivity index (χ0n) is 11.9. The van der Waals surface area contributed by atoms with E-state index in [-0.39, 0.29) is 0 Å². The number of aromatic nitrogens is 1. The molecule has 2 aromatic carbocycles. The minimum absolute atomic E-state index is 0.518. The lowest BCUT2D eigenvalue weighted by atomic mass is 10.0. The zero-order chi connectivity index (χ0) is 15.1. The van der Waals surface area contributed by atoms with Gasteiger partial charge in [-0.1, -0.05) is 29.8 Å². The van der Waals surface area contributed by atoms with Crippen LogP contribution >= 0.6 is 11.6 Å². The second kappa shape index (κ2) is 5.08. The van der Waals surface area contributed by atoms with Gasteiger partial charge in [0.2, 0.25) is 0 Å². The Morgan fingerprint density at radius 3 is 2.86 bits per heavy atom. The summed E-state index contributed by atoms with van der Waals surface area (Å²) in [6.45, 7) is 1.81. The molecular formula is C18H14ClN3. The Kier molecular flexibility index (Phi) is 3.06. The van der Waals surface area contributed by atoms with Gasteiger partial charge in [0.15, 0.2) is 0 Å². The predicted molar refractivity (Wildman–Crippen MR) is 89.2 cm³/mol. The van der Waals surface area contributed by atoms with Crippen LogP contribution < -0.4 is 4.90 Å². The van der Waals surface area contributed by atoms with Gasteiger partial charge in [0.05, 0.1) is 10.6 Å². The molecule has 0 unspecified atom stereocenters. The van der Waals surface area contributed by atoms with Crippen molar-refractivity contribution in [2.24, 2.45) is 0 Å². The highest BCUT2D eigenvalue weighted by Crippen LogP contribution is 2.31. The molecule has 4 heteroatoms. The summed E-state index contributed by atoms with van der Waals surface area (Å²) >= 11 is 6.17. The Morgan fingerprint density at radius 2 is 2.05 bits per heavy atom. The van der Waals surface area contributed by atoms with Crippen LogP contribution in [0.3, 0.4) is 0 Å². The minimum Gasteiger partial charge on any atom is -0.367 e. The van der Waals surface area contributed by atoms with Gasteiger partial charge in [-0.25, -0.2) is 0 Å². The summed E-state index contributed by atoms with van der Waals surface area (Å²) < 4.78 is 0. The third kappa shape index (κ3) is 2.04. The van der Waals surface area contributed by atoms with Crippen molar-refractivity contribution < 1.29 is 0 Å². The summed E-state index contributed by atoms with van der Waals surface area (Å²) in [6, 6.07) is 16.2. The van der Waals surface area contributed by atoms with Gasteiger partial charge in [0.25, 0.3) is 0 Å². The van der Waals surface area contributed by atoms with Gasteiger partial charge in [0, 0.05) is 47.4 Å². The fraction of sp³-hybridized carbons (Fsp3) is 0.167. The number of nitrogens with zero attached hydrogens (tertiary/aromatic N) is 2. The van der Waals surface area contributed by atoms with Gasteiger partial charge >= 0.3 is 0 Å². The molecule has 2 heterocycles. The van der Waals surface area contributed by atoms with Crippen LogP contribution in [0, 0.1) is 11.3 Å². The van der Waals surface area contributed by atoms with E-state index >= 15 is 0 Å². The number of hydrogen-bond acceptors (Lipinski definition) is 2. The number of rotatable bonds is 1. The second-order valence-corrected chi connectivity index (χ2v) is 5.98. The van der Waals surface area contributed by atoms with Crippen molar-refractivity contribution in [1.29, 1.82) is 5.26 Å². The van der Waals surface area contributed by atoms with Crippen molar-refractivity contribution >= 4 is 28.2 Å². The first kappa shape index (κ1) is 13.2. The molecule has 4 rings (SSSR count). The summed E-state index contributed by atoms with van der Waals surface area (Å²) in [5.41, 5.74) is 5.49. The van der Waals surface area contributed by atoms with Crippen LogP contribution in [0.5, 0.6) is 0 Å². The highest BCUT2D eigenvalue weighted by atomic mass is 35.5. The Bertz CT molecular complexity index is 904. The average molecular weight is 308 g/mol. The summed E-state index contributed by atoms with van der Waals surface area (Å²) in [4.78, 5) is 5.84. The predicted octanol–water partition coefficient (Wildman–Crippen LogP) is 4.26. The molecule has 0 atom stereocenters. The van der Waals surface area contributed by atoms with Gasteiger partial charge in [-0.05, 0) is 24.3 Å². The topological polar surface area (TPSA) is 42.8 Å². The van der Waals surface area contributed by atoms with E-state index in [0.717, 1.165) is 25.2 Å². The molecule has 0 amide bonds. The largest absolute Gasteiger partial charge is 0.367 e. The van der Waals surface area contributed by atoms with Crippen molar-refractivity contribution in [1.82, 2.24) is 4.98 Å². The molecule has 1 N–H and O–H groups in total. The standard InChI is InChI=1S/C18H14ClN3/c19-16-9-13(6-5-12(16)10-20)22-8-7-18-15(11-22)14-3-1-2-4-17(14)21-18/h1-6,9,21H,7-8,11H2. The fourth-order valence-electron chi connectivity index (χ4n) is 3.18. The van der Waals surface area contributed by atoms with Crippen molar-refractivity contribution in [3.05, 3.63) is 64.3 Å². The van der Waals surface area contributed by atoms with E-state index in [4.69, 9.17) is 16.9 Å². The Morgan fingerprint density at radius 1 is 1.18 bits per heavy atom. The van der Waals surface area contributed by atoms with Crippen molar-refractivity contribution in [2.75, 3.05) is 11.4 Å². The van der Waals surface area contributed by atoms with Crippen molar-refractivity contribution in [3.63, 3.8) is 0 Å². The Labute approximate surface area is 133 Å². The molecule has 0 aliphatic carbocycles. The normalized spacial score (nSPS) is 13.9. The van der Waals surface area contributed by atoms with E-state index in [2.05, 4.69) is 40.2 Å². The molecule has 108 valence electrons. The van der Waals surface area contributed by atoms with Crippen molar-refractivity contribution in [2.45, 2.75) is 13.0 Å². The molecule has 0 fully saturated rings. The summed E-state index contributed by atoms with van der Waals surface area (Å²) in [5.74, 6) is 0. The van der Waals surface area contributed by atoms with E-state index in [1.54, 1.807) is 6.07 Å². The monoisotopic (exact) mass is 307 g/mol. The van der Waals surface area contributed by atoms with Crippen LogP contribution in [0.25, 0.3) is 10.9 Å². The Balaban J connectivity index is 1.72. The molecule has 0 radical (unpaired) electrons. The SMILES string of the molecule is N#Cc1ccc(N2CCc3[nH]c4ccccc4c3C2)cc1Cl. The first-order chi connectivity index (χ1) is 10.8. The van der Waals surface area contributed by atoms with Gasteiger partial charge in [0.1, 0.15) is 6.07 Å². The van der Waals surface area contributed by atoms with Crippen LogP contribution in [0.2, 0.25) is 5.02 Å². The first-order valence-corrected chi connectivity index (χ1v) is 7.67. The van der Waals surface area contributed by atoms with E-state index in [0.29, 0.717) is 10.6 Å². The number of anilines is 1. The van der Waals surface area contributed by atoms with Gasteiger partial charge in [-0.15, -0.1) is 0 Å². The van der Waals surface area contributed by atoms with E-state index in [1.165, 1.54) is 22.2 Å². The molecule has 1 aromatic heterocycles. The number of fused-ring (bicyclic) bond motifs is 3. The Hall–Kier alpha value is -2.44. The fourth-order valence-corrected chi connectivity index (χ4v) is 3.40. The van der Waals surface area contributed by atoms with Gasteiger partial charge in [-0.3, -0.25) is 0 Å². The minimum atomic E-state index is 0.518. The van der Waals surface area contributed by atoms with Crippen LogP contribution in [-0.4, -0.2) is 11.5 Å². The molecule has 1 aliphatic rings. The number of para-hydroxylation sites is 1. The van der Waals surface area contributed by atoms with E-state index in [9.17, 15) is 0 Å². The van der Waals surface area contributed by atoms with E-state index in [1.807, 2.05) is 12.1 Å². The number of aromatic amines is 1. The lowest BCUT2D eigenvalue weighted by Gasteiger charge is -2.29. The molecule has 0 bridgehead atoms. The molecule has 0 spiro atoms. The molecule has 3 aromatic rings. The van der Waals surface area contributed by atoms with Crippen LogP contribution in [0.15, 0.2) is 42.5 Å². The summed E-state index contributed by atoms with van der Waals surface area (Å²) in [7, 11) is 0. The lowest BCUT2D eigenvalue weighted by Crippen LogP contribution is -2.30. The number of hydrogen-bond donors (Lipinski definition) is 1. The number of halogens is 1. The number of H-pyrrole nitrogens is 1. The maximum absolute atomic E-state index is 8.99. The number of nitrogens with one attached hydrogen (secondary N) is 1. The first-order valence-electron chi connectivity index (χ1n) is 7.29. The van der Waals surface area contributed by atoms with Crippen LogP contribution in [-0.2, 0) is 13.0 Å². The second-order valence-electron chi connectivity index (χ2n) is 5.58. The van der Waals surface area contributed by atoms with Gasteiger partial charge in [-0.2, -0.15) is 5.26 Å². The summed E-state index contributed by atoms with van der Waals surface area (Å²) in [6.07, 6.45) is 0.988. The highest BCUT2D eigenvalue weighted by molar-refractivity contribution is 6.32. The van der Waals surface area contributed by atoms with Crippen LogP contribution in [0.1, 0.15) is 16.8 Å². The number of benzene rings is 2. The molecular weight excluding hydrogens is 294 g/mol.